The van der Waals surface area contributed by atoms with Gasteiger partial charge in [0, 0.05) is 43.1 Å². The van der Waals surface area contributed by atoms with Crippen LogP contribution in [0.3, 0.4) is 0 Å². The van der Waals surface area contributed by atoms with Crippen molar-refractivity contribution >= 4 is 23.0 Å². The van der Waals surface area contributed by atoms with E-state index in [1.54, 1.807) is 0 Å². The molecule has 2 atom stereocenters. The normalized spacial score (nSPS) is 17.6. The molecule has 3 aromatic heterocycles. The van der Waals surface area contributed by atoms with Gasteiger partial charge in [0.1, 0.15) is 5.82 Å². The summed E-state index contributed by atoms with van der Waals surface area (Å²) in [6.45, 7) is 3.74. The second kappa shape index (κ2) is 10.1. The number of nitrogens with zero attached hydrogens (tertiary/aromatic N) is 4. The van der Waals surface area contributed by atoms with Gasteiger partial charge in [-0.25, -0.2) is 4.98 Å². The van der Waals surface area contributed by atoms with Crippen LogP contribution in [0.15, 0.2) is 91.4 Å². The molecule has 4 heterocycles. The second-order valence-electron chi connectivity index (χ2n) is 8.46. The minimum Gasteiger partial charge on any atom is -0.385 e. The molecule has 1 aliphatic heterocycles. The van der Waals surface area contributed by atoms with Crippen LogP contribution in [-0.4, -0.2) is 37.6 Å². The fourth-order valence-electron chi connectivity index (χ4n) is 4.45. The highest BCUT2D eigenvalue weighted by atomic mass is 32.1. The van der Waals surface area contributed by atoms with E-state index in [0.29, 0.717) is 0 Å². The fourth-order valence-corrected chi connectivity index (χ4v) is 4.78. The molecule has 0 radical (unpaired) electrons. The first-order chi connectivity index (χ1) is 16.7. The van der Waals surface area contributed by atoms with E-state index in [2.05, 4.69) is 85.7 Å². The number of para-hydroxylation sites is 1. The second-order valence-corrected chi connectivity index (χ2v) is 8.85. The standard InChI is InChI=1S/C27H28N6S/c1-20-13-14-24(30-19-20)32-17-7-12-23(32)26-25(22-11-5-6-15-29-22)31-27(34)33(26)18-8-16-28-21-9-3-2-4-10-21/h2-7,9-15,17,19,25-26,28H,8,16,18H2,1H3,(H,31,34)/t25-,26+/m0/s1. The van der Waals surface area contributed by atoms with E-state index in [4.69, 9.17) is 12.2 Å². The van der Waals surface area contributed by atoms with Crippen molar-refractivity contribution in [3.63, 3.8) is 0 Å². The summed E-state index contributed by atoms with van der Waals surface area (Å²) in [5, 5.41) is 7.80. The minimum absolute atomic E-state index is 0.00257. The molecule has 0 bridgehead atoms. The highest BCUT2D eigenvalue weighted by Gasteiger charge is 2.41. The van der Waals surface area contributed by atoms with E-state index in [0.717, 1.165) is 53.1 Å². The van der Waals surface area contributed by atoms with Crippen molar-refractivity contribution in [2.75, 3.05) is 18.4 Å². The smallest absolute Gasteiger partial charge is 0.170 e. The topological polar surface area (TPSA) is 58.0 Å². The van der Waals surface area contributed by atoms with Crippen LogP contribution in [0.4, 0.5) is 5.69 Å². The first-order valence-corrected chi connectivity index (χ1v) is 12.0. The molecule has 0 aliphatic carbocycles. The number of pyridine rings is 2. The molecule has 2 N–H and O–H groups in total. The third-order valence-corrected chi connectivity index (χ3v) is 6.45. The molecule has 1 fully saturated rings. The molecule has 1 saturated heterocycles. The van der Waals surface area contributed by atoms with Crippen LogP contribution in [0.2, 0.25) is 0 Å². The van der Waals surface area contributed by atoms with Gasteiger partial charge in [0.2, 0.25) is 0 Å². The Labute approximate surface area is 205 Å². The van der Waals surface area contributed by atoms with Crippen molar-refractivity contribution in [3.05, 3.63) is 108 Å². The predicted molar refractivity (Wildman–Crippen MR) is 140 cm³/mol. The zero-order chi connectivity index (χ0) is 23.3. The number of nitrogens with one attached hydrogen (secondary N) is 2. The molecule has 4 aromatic rings. The van der Waals surface area contributed by atoms with Crippen LogP contribution < -0.4 is 10.6 Å². The zero-order valence-electron chi connectivity index (χ0n) is 19.1. The number of hydrogen-bond donors (Lipinski definition) is 2. The minimum atomic E-state index is -0.0464. The van der Waals surface area contributed by atoms with Gasteiger partial charge >= 0.3 is 0 Å². The summed E-state index contributed by atoms with van der Waals surface area (Å²) in [7, 11) is 0. The van der Waals surface area contributed by atoms with Crippen LogP contribution in [0.5, 0.6) is 0 Å². The average molecular weight is 469 g/mol. The summed E-state index contributed by atoms with van der Waals surface area (Å²) in [6.07, 6.45) is 6.76. The SMILES string of the molecule is Cc1ccc(-n2cccc2[C@@H]2[C@H](c3ccccn3)NC(=S)N2CCCNc2ccccc2)nc1. The maximum atomic E-state index is 5.83. The number of thiocarbonyl (C=S) groups is 1. The quantitative estimate of drug-likeness (QED) is 0.279. The lowest BCUT2D eigenvalue weighted by molar-refractivity contribution is 0.307. The number of hydrogen-bond acceptors (Lipinski definition) is 4. The molecule has 172 valence electrons. The van der Waals surface area contributed by atoms with Crippen molar-refractivity contribution in [1.29, 1.82) is 0 Å². The molecular weight excluding hydrogens is 440 g/mol. The van der Waals surface area contributed by atoms with E-state index in [-0.39, 0.29) is 12.1 Å². The molecule has 0 saturated carbocycles. The lowest BCUT2D eigenvalue weighted by Crippen LogP contribution is -2.32. The van der Waals surface area contributed by atoms with Crippen LogP contribution in [0, 0.1) is 6.92 Å². The van der Waals surface area contributed by atoms with Crippen LogP contribution in [-0.2, 0) is 0 Å². The Bertz CT molecular complexity index is 1220. The highest BCUT2D eigenvalue weighted by molar-refractivity contribution is 7.80. The van der Waals surface area contributed by atoms with Crippen LogP contribution in [0.25, 0.3) is 5.82 Å². The van der Waals surface area contributed by atoms with E-state index >= 15 is 0 Å². The molecule has 0 spiro atoms. The van der Waals surface area contributed by atoms with Crippen molar-refractivity contribution < 1.29 is 0 Å². The van der Waals surface area contributed by atoms with Gasteiger partial charge in [-0.2, -0.15) is 0 Å². The summed E-state index contributed by atoms with van der Waals surface area (Å²) in [6, 6.07) is 24.6. The Kier molecular flexibility index (Phi) is 6.53. The number of anilines is 1. The van der Waals surface area contributed by atoms with E-state index in [1.165, 1.54) is 0 Å². The molecule has 0 unspecified atom stereocenters. The zero-order valence-corrected chi connectivity index (χ0v) is 19.9. The van der Waals surface area contributed by atoms with Crippen molar-refractivity contribution in [3.8, 4) is 5.82 Å². The van der Waals surface area contributed by atoms with Gasteiger partial charge in [-0.3, -0.25) is 4.98 Å². The Morgan fingerprint density at radius 3 is 2.59 bits per heavy atom. The molecular formula is C27H28N6S. The summed E-state index contributed by atoms with van der Waals surface area (Å²) < 4.78 is 2.16. The van der Waals surface area contributed by atoms with Crippen molar-refractivity contribution in [2.45, 2.75) is 25.4 Å². The number of benzene rings is 1. The Balaban J connectivity index is 1.42. The Hall–Kier alpha value is -3.71. The molecule has 6 nitrogen and oxygen atoms in total. The Morgan fingerprint density at radius 2 is 1.82 bits per heavy atom. The summed E-state index contributed by atoms with van der Waals surface area (Å²) >= 11 is 5.83. The van der Waals surface area contributed by atoms with Gasteiger partial charge in [-0.1, -0.05) is 30.3 Å². The fraction of sp³-hybridized carbons (Fsp3) is 0.222. The largest absolute Gasteiger partial charge is 0.385 e. The van der Waals surface area contributed by atoms with Gasteiger partial charge in [0.15, 0.2) is 5.11 Å². The average Bonchev–Trinajstić information content (AvgIpc) is 3.48. The van der Waals surface area contributed by atoms with Gasteiger partial charge in [-0.15, -0.1) is 0 Å². The van der Waals surface area contributed by atoms with Crippen molar-refractivity contribution in [2.24, 2.45) is 0 Å². The molecule has 1 aromatic carbocycles. The maximum absolute atomic E-state index is 5.83. The number of aromatic nitrogens is 3. The number of rotatable bonds is 8. The van der Waals surface area contributed by atoms with Crippen LogP contribution >= 0.6 is 12.2 Å². The lowest BCUT2D eigenvalue weighted by Gasteiger charge is -2.29. The number of aryl methyl sites for hydroxylation is 1. The van der Waals surface area contributed by atoms with E-state index in [1.807, 2.05) is 42.7 Å². The van der Waals surface area contributed by atoms with E-state index in [9.17, 15) is 0 Å². The molecule has 1 aliphatic rings. The predicted octanol–water partition coefficient (Wildman–Crippen LogP) is 5.05. The molecule has 0 amide bonds. The van der Waals surface area contributed by atoms with Crippen molar-refractivity contribution in [1.82, 2.24) is 24.8 Å². The maximum Gasteiger partial charge on any atom is 0.170 e. The third-order valence-electron chi connectivity index (χ3n) is 6.10. The molecule has 5 rings (SSSR count). The first-order valence-electron chi connectivity index (χ1n) is 11.6. The van der Waals surface area contributed by atoms with E-state index < -0.39 is 0 Å². The molecule has 34 heavy (non-hydrogen) atoms. The van der Waals surface area contributed by atoms with Gasteiger partial charge in [0.05, 0.1) is 17.8 Å². The highest BCUT2D eigenvalue weighted by Crippen LogP contribution is 2.39. The lowest BCUT2D eigenvalue weighted by atomic mass is 10.0. The van der Waals surface area contributed by atoms with Gasteiger partial charge in [0.25, 0.3) is 0 Å². The molecule has 7 heteroatoms. The Morgan fingerprint density at radius 1 is 0.971 bits per heavy atom. The summed E-state index contributed by atoms with van der Waals surface area (Å²) in [4.78, 5) is 11.6. The summed E-state index contributed by atoms with van der Waals surface area (Å²) in [5.41, 5.74) is 4.38. The first kappa shape index (κ1) is 22.1. The van der Waals surface area contributed by atoms with Gasteiger partial charge in [-0.05, 0) is 73.6 Å². The van der Waals surface area contributed by atoms with Gasteiger partial charge < -0.3 is 20.1 Å². The third kappa shape index (κ3) is 4.65. The van der Waals surface area contributed by atoms with Crippen LogP contribution in [0.1, 0.15) is 35.5 Å². The monoisotopic (exact) mass is 468 g/mol. The summed E-state index contributed by atoms with van der Waals surface area (Å²) in [5.74, 6) is 0.897.